The number of hydrogen-bond acceptors (Lipinski definition) is 3. The molecular formula is C18H39N3. The van der Waals surface area contributed by atoms with E-state index in [0.717, 1.165) is 19.0 Å². The largest absolute Gasteiger partial charge is 0.316 e. The van der Waals surface area contributed by atoms with Gasteiger partial charge in [-0.05, 0) is 58.3 Å². The van der Waals surface area contributed by atoms with Gasteiger partial charge in [-0.3, -0.25) is 4.90 Å². The Morgan fingerprint density at radius 2 is 1.81 bits per heavy atom. The van der Waals surface area contributed by atoms with Crippen molar-refractivity contribution in [1.82, 2.24) is 15.1 Å². The Kier molecular flexibility index (Phi) is 8.22. The second-order valence-electron chi connectivity index (χ2n) is 7.64. The van der Waals surface area contributed by atoms with Crippen LogP contribution in [0, 0.1) is 11.3 Å². The number of rotatable bonds is 9. The smallest absolute Gasteiger partial charge is 0.0194 e. The van der Waals surface area contributed by atoms with Gasteiger partial charge in [0.1, 0.15) is 0 Å². The van der Waals surface area contributed by atoms with Crippen molar-refractivity contribution in [3.8, 4) is 0 Å². The summed E-state index contributed by atoms with van der Waals surface area (Å²) in [6.45, 7) is 15.2. The van der Waals surface area contributed by atoms with E-state index in [1.165, 1.54) is 45.3 Å². The fourth-order valence-corrected chi connectivity index (χ4v) is 3.81. The molecule has 1 N–H and O–H groups in total. The molecule has 0 aromatic rings. The number of likely N-dealkylation sites (N-methyl/N-ethyl adjacent to an activating group) is 2. The zero-order chi connectivity index (χ0) is 15.9. The summed E-state index contributed by atoms with van der Waals surface area (Å²) in [4.78, 5) is 5.01. The summed E-state index contributed by atoms with van der Waals surface area (Å²) < 4.78 is 0. The molecule has 0 amide bonds. The number of nitrogens with zero attached hydrogens (tertiary/aromatic N) is 2. The predicted octanol–water partition coefficient (Wildman–Crippen LogP) is 3.06. The molecule has 1 atom stereocenters. The maximum atomic E-state index is 3.65. The van der Waals surface area contributed by atoms with Crippen molar-refractivity contribution in [2.45, 2.75) is 59.4 Å². The van der Waals surface area contributed by atoms with E-state index in [1.54, 1.807) is 0 Å². The Hall–Kier alpha value is -0.120. The molecule has 0 radical (unpaired) electrons. The first-order valence-corrected chi connectivity index (χ1v) is 9.02. The maximum absolute atomic E-state index is 3.65. The van der Waals surface area contributed by atoms with Crippen LogP contribution in [-0.4, -0.2) is 62.7 Å². The molecule has 1 saturated carbocycles. The predicted molar refractivity (Wildman–Crippen MR) is 93.9 cm³/mol. The van der Waals surface area contributed by atoms with Gasteiger partial charge in [0.15, 0.2) is 0 Å². The number of hydrogen-bond donors (Lipinski definition) is 1. The minimum Gasteiger partial charge on any atom is -0.316 e. The third-order valence-electron chi connectivity index (χ3n) is 5.28. The highest BCUT2D eigenvalue weighted by molar-refractivity contribution is 4.90. The van der Waals surface area contributed by atoms with Crippen molar-refractivity contribution in [1.29, 1.82) is 0 Å². The fraction of sp³-hybridized carbons (Fsp3) is 1.00. The molecule has 0 spiro atoms. The molecule has 126 valence electrons. The van der Waals surface area contributed by atoms with Crippen molar-refractivity contribution in [2.75, 3.05) is 46.8 Å². The molecule has 3 heteroatoms. The van der Waals surface area contributed by atoms with E-state index >= 15 is 0 Å². The molecule has 0 saturated heterocycles. The lowest BCUT2D eigenvalue weighted by Gasteiger charge is -2.44. The summed E-state index contributed by atoms with van der Waals surface area (Å²) in [6.07, 6.45) is 5.61. The Morgan fingerprint density at radius 1 is 1.19 bits per heavy atom. The van der Waals surface area contributed by atoms with Crippen LogP contribution in [0.1, 0.15) is 53.4 Å². The third-order valence-corrected chi connectivity index (χ3v) is 5.28. The summed E-state index contributed by atoms with van der Waals surface area (Å²) in [5.74, 6) is 0.925. The molecule has 0 aromatic heterocycles. The van der Waals surface area contributed by atoms with Crippen molar-refractivity contribution in [3.05, 3.63) is 0 Å². The molecule has 1 unspecified atom stereocenters. The molecule has 1 aliphatic rings. The molecule has 1 fully saturated rings. The summed E-state index contributed by atoms with van der Waals surface area (Å²) in [7, 11) is 4.36. The van der Waals surface area contributed by atoms with Gasteiger partial charge in [0, 0.05) is 25.7 Å². The monoisotopic (exact) mass is 297 g/mol. The SMILES string of the molecule is CCNCC1(CN(CC)C(C)CN(C)C)CCC(C)CC1. The van der Waals surface area contributed by atoms with Gasteiger partial charge in [0.2, 0.25) is 0 Å². The zero-order valence-electron chi connectivity index (χ0n) is 15.4. The van der Waals surface area contributed by atoms with Crippen LogP contribution in [0.2, 0.25) is 0 Å². The van der Waals surface area contributed by atoms with Crippen molar-refractivity contribution < 1.29 is 0 Å². The van der Waals surface area contributed by atoms with Gasteiger partial charge in [0.25, 0.3) is 0 Å². The van der Waals surface area contributed by atoms with Crippen LogP contribution >= 0.6 is 0 Å². The average Bonchev–Trinajstić information content (AvgIpc) is 2.44. The first kappa shape index (κ1) is 18.9. The Labute approximate surface area is 133 Å². The van der Waals surface area contributed by atoms with E-state index in [-0.39, 0.29) is 0 Å². The van der Waals surface area contributed by atoms with Crippen LogP contribution in [-0.2, 0) is 0 Å². The normalized spacial score (nSPS) is 28.3. The highest BCUT2D eigenvalue weighted by Gasteiger charge is 2.36. The molecule has 1 rings (SSSR count). The van der Waals surface area contributed by atoms with E-state index < -0.39 is 0 Å². The highest BCUT2D eigenvalue weighted by Crippen LogP contribution is 2.39. The summed E-state index contributed by atoms with van der Waals surface area (Å²) in [6, 6.07) is 0.642. The van der Waals surface area contributed by atoms with Crippen molar-refractivity contribution in [2.24, 2.45) is 11.3 Å². The van der Waals surface area contributed by atoms with Gasteiger partial charge in [-0.2, -0.15) is 0 Å². The van der Waals surface area contributed by atoms with E-state index in [9.17, 15) is 0 Å². The quantitative estimate of drug-likeness (QED) is 0.705. The Bertz CT molecular complexity index is 264. The Morgan fingerprint density at radius 3 is 2.29 bits per heavy atom. The second kappa shape index (κ2) is 9.12. The first-order chi connectivity index (χ1) is 9.92. The third kappa shape index (κ3) is 6.25. The topological polar surface area (TPSA) is 18.5 Å². The van der Waals surface area contributed by atoms with Crippen LogP contribution in [0.25, 0.3) is 0 Å². The fourth-order valence-electron chi connectivity index (χ4n) is 3.81. The molecule has 3 nitrogen and oxygen atoms in total. The van der Waals surface area contributed by atoms with Gasteiger partial charge in [-0.1, -0.05) is 33.6 Å². The van der Waals surface area contributed by atoms with Gasteiger partial charge >= 0.3 is 0 Å². The van der Waals surface area contributed by atoms with E-state index in [1.807, 2.05) is 0 Å². The summed E-state index contributed by atoms with van der Waals surface area (Å²) >= 11 is 0. The minimum absolute atomic E-state index is 0.499. The second-order valence-corrected chi connectivity index (χ2v) is 7.64. The lowest BCUT2D eigenvalue weighted by Crippen LogP contribution is -2.50. The molecule has 0 heterocycles. The van der Waals surface area contributed by atoms with Crippen LogP contribution < -0.4 is 5.32 Å². The number of nitrogens with one attached hydrogen (secondary N) is 1. The lowest BCUT2D eigenvalue weighted by molar-refractivity contribution is 0.0631. The first-order valence-electron chi connectivity index (χ1n) is 9.02. The molecule has 21 heavy (non-hydrogen) atoms. The summed E-state index contributed by atoms with van der Waals surface area (Å²) in [5.41, 5.74) is 0.499. The highest BCUT2D eigenvalue weighted by atomic mass is 15.2. The average molecular weight is 298 g/mol. The Balaban J connectivity index is 2.69. The lowest BCUT2D eigenvalue weighted by atomic mass is 9.70. The van der Waals surface area contributed by atoms with E-state index in [2.05, 4.69) is 56.9 Å². The van der Waals surface area contributed by atoms with Crippen LogP contribution in [0.5, 0.6) is 0 Å². The van der Waals surface area contributed by atoms with Crippen LogP contribution in [0.4, 0.5) is 0 Å². The molecule has 0 aliphatic heterocycles. The van der Waals surface area contributed by atoms with Gasteiger partial charge in [-0.25, -0.2) is 0 Å². The molecule has 1 aliphatic carbocycles. The molecule has 0 bridgehead atoms. The zero-order valence-corrected chi connectivity index (χ0v) is 15.4. The standard InChI is InChI=1S/C18H39N3/c1-7-19-14-18(11-9-16(3)10-12-18)15-21(8-2)17(4)13-20(5)6/h16-17,19H,7-15H2,1-6H3. The van der Waals surface area contributed by atoms with Gasteiger partial charge in [-0.15, -0.1) is 0 Å². The maximum Gasteiger partial charge on any atom is 0.0194 e. The summed E-state index contributed by atoms with van der Waals surface area (Å²) in [5, 5.41) is 3.65. The molecule has 0 aromatic carbocycles. The van der Waals surface area contributed by atoms with E-state index in [4.69, 9.17) is 0 Å². The van der Waals surface area contributed by atoms with Crippen molar-refractivity contribution in [3.63, 3.8) is 0 Å². The minimum atomic E-state index is 0.499. The van der Waals surface area contributed by atoms with Gasteiger partial charge < -0.3 is 10.2 Å². The van der Waals surface area contributed by atoms with Crippen LogP contribution in [0.15, 0.2) is 0 Å². The van der Waals surface area contributed by atoms with Crippen molar-refractivity contribution >= 4 is 0 Å². The van der Waals surface area contributed by atoms with E-state index in [0.29, 0.717) is 11.5 Å². The van der Waals surface area contributed by atoms with Gasteiger partial charge in [0.05, 0.1) is 0 Å². The van der Waals surface area contributed by atoms with Crippen LogP contribution in [0.3, 0.4) is 0 Å². The molecular weight excluding hydrogens is 258 g/mol.